The molecule has 1 saturated carbocycles. The highest BCUT2D eigenvalue weighted by Gasteiger charge is 2.25. The fourth-order valence-corrected chi connectivity index (χ4v) is 3.87. The zero-order chi connectivity index (χ0) is 19.2. The lowest BCUT2D eigenvalue weighted by Gasteiger charge is -2.27. The molecule has 4 rings (SSSR count). The Balaban J connectivity index is 0.00000102. The largest absolute Gasteiger partial charge is 0.299 e. The van der Waals surface area contributed by atoms with Crippen molar-refractivity contribution in [3.8, 4) is 17.1 Å². The number of halogens is 1. The highest BCUT2D eigenvalue weighted by Crippen LogP contribution is 2.34. The molecular weight excluding hydrogens is 360 g/mol. The number of rotatable bonds is 3. The van der Waals surface area contributed by atoms with Gasteiger partial charge in [0, 0.05) is 24.0 Å². The van der Waals surface area contributed by atoms with Crippen molar-refractivity contribution in [1.29, 1.82) is 0 Å². The van der Waals surface area contributed by atoms with E-state index < -0.39 is 0 Å². The van der Waals surface area contributed by atoms with E-state index in [0.717, 1.165) is 31.2 Å². The molecule has 2 heterocycles. The second-order valence-corrected chi connectivity index (χ2v) is 6.72. The molecular formula is C21H25ClN4O. The molecule has 0 radical (unpaired) electrons. The van der Waals surface area contributed by atoms with E-state index in [4.69, 9.17) is 11.6 Å². The van der Waals surface area contributed by atoms with E-state index in [-0.39, 0.29) is 17.4 Å². The Hall–Kier alpha value is -2.40. The van der Waals surface area contributed by atoms with Crippen molar-refractivity contribution in [3.05, 3.63) is 64.3 Å². The van der Waals surface area contributed by atoms with E-state index in [2.05, 4.69) is 10.1 Å². The molecule has 27 heavy (non-hydrogen) atoms. The zero-order valence-electron chi connectivity index (χ0n) is 15.8. The van der Waals surface area contributed by atoms with E-state index in [0.29, 0.717) is 10.8 Å². The van der Waals surface area contributed by atoms with Crippen LogP contribution in [0.3, 0.4) is 0 Å². The van der Waals surface area contributed by atoms with Gasteiger partial charge in [-0.15, -0.1) is 0 Å². The topological polar surface area (TPSA) is 52.7 Å². The normalized spacial score (nSPS) is 14.5. The molecule has 0 unspecified atom stereocenters. The van der Waals surface area contributed by atoms with Gasteiger partial charge in [0.15, 0.2) is 5.15 Å². The molecule has 2 aromatic heterocycles. The summed E-state index contributed by atoms with van der Waals surface area (Å²) in [5, 5.41) is 4.49. The van der Waals surface area contributed by atoms with Crippen LogP contribution in [0.2, 0.25) is 5.15 Å². The van der Waals surface area contributed by atoms with E-state index in [1.54, 1.807) is 18.5 Å². The standard InChI is InChI=1S/C19H19ClN4O.C2H6/c20-17-16(14-8-3-1-4-9-14)24(15-10-5-2-6-11-15)19(25)18(22-17)23-13-7-12-21-23;1-2/h1,3-4,7-9,12-13,15H,2,5-6,10-11H2;1-2H3. The minimum Gasteiger partial charge on any atom is -0.299 e. The quantitative estimate of drug-likeness (QED) is 0.617. The maximum Gasteiger partial charge on any atom is 0.296 e. The van der Waals surface area contributed by atoms with Gasteiger partial charge < -0.3 is 0 Å². The van der Waals surface area contributed by atoms with Gasteiger partial charge >= 0.3 is 0 Å². The Morgan fingerprint density at radius 2 is 1.74 bits per heavy atom. The minimum absolute atomic E-state index is 0.140. The van der Waals surface area contributed by atoms with Crippen LogP contribution in [0.4, 0.5) is 0 Å². The summed E-state index contributed by atoms with van der Waals surface area (Å²) >= 11 is 6.57. The van der Waals surface area contributed by atoms with Crippen LogP contribution < -0.4 is 5.56 Å². The second-order valence-electron chi connectivity index (χ2n) is 6.36. The van der Waals surface area contributed by atoms with Gasteiger partial charge in [-0.2, -0.15) is 5.10 Å². The molecule has 0 N–H and O–H groups in total. The zero-order valence-corrected chi connectivity index (χ0v) is 16.6. The van der Waals surface area contributed by atoms with Crippen LogP contribution in [0.5, 0.6) is 0 Å². The Bertz CT molecular complexity index is 913. The van der Waals surface area contributed by atoms with Gasteiger partial charge in [0.2, 0.25) is 5.82 Å². The molecule has 0 aliphatic heterocycles. The first-order valence-corrected chi connectivity index (χ1v) is 10.0. The molecule has 0 atom stereocenters. The summed E-state index contributed by atoms with van der Waals surface area (Å²) in [4.78, 5) is 17.7. The average Bonchev–Trinajstić information content (AvgIpc) is 3.26. The van der Waals surface area contributed by atoms with Crippen molar-refractivity contribution in [2.75, 3.05) is 0 Å². The SMILES string of the molecule is CC.O=c1c(-n2cccn2)nc(Cl)c(-c2ccccc2)n1C1CCCCC1. The first kappa shape index (κ1) is 19.4. The van der Waals surface area contributed by atoms with E-state index in [9.17, 15) is 4.79 Å². The molecule has 0 bridgehead atoms. The third-order valence-corrected chi connectivity index (χ3v) is 5.02. The first-order chi connectivity index (χ1) is 13.3. The van der Waals surface area contributed by atoms with Gasteiger partial charge in [0.25, 0.3) is 5.56 Å². The van der Waals surface area contributed by atoms with Crippen LogP contribution in [0.25, 0.3) is 17.1 Å². The predicted molar refractivity (Wildman–Crippen MR) is 110 cm³/mol. The number of aromatic nitrogens is 4. The summed E-state index contributed by atoms with van der Waals surface area (Å²) in [6, 6.07) is 11.7. The fraction of sp³-hybridized carbons (Fsp3) is 0.381. The number of benzene rings is 1. The van der Waals surface area contributed by atoms with Gasteiger partial charge in [-0.1, -0.05) is 75.0 Å². The smallest absolute Gasteiger partial charge is 0.296 e. The maximum absolute atomic E-state index is 13.3. The maximum atomic E-state index is 13.3. The van der Waals surface area contributed by atoms with E-state index in [1.165, 1.54) is 11.1 Å². The summed E-state index contributed by atoms with van der Waals surface area (Å²) in [6.07, 6.45) is 8.79. The Morgan fingerprint density at radius 1 is 1.04 bits per heavy atom. The lowest BCUT2D eigenvalue weighted by molar-refractivity contribution is 0.347. The monoisotopic (exact) mass is 384 g/mol. The third kappa shape index (κ3) is 3.98. The molecule has 1 aliphatic rings. The average molecular weight is 385 g/mol. The molecule has 6 heteroatoms. The molecule has 3 aromatic rings. The van der Waals surface area contributed by atoms with Crippen molar-refractivity contribution in [3.63, 3.8) is 0 Å². The molecule has 1 aliphatic carbocycles. The summed E-state index contributed by atoms with van der Waals surface area (Å²) < 4.78 is 3.34. The van der Waals surface area contributed by atoms with Crippen molar-refractivity contribution >= 4 is 11.6 Å². The summed E-state index contributed by atoms with van der Waals surface area (Å²) in [5.74, 6) is 0.250. The summed E-state index contributed by atoms with van der Waals surface area (Å²) in [5.41, 5.74) is 1.48. The molecule has 5 nitrogen and oxygen atoms in total. The van der Waals surface area contributed by atoms with E-state index >= 15 is 0 Å². The highest BCUT2D eigenvalue weighted by molar-refractivity contribution is 6.31. The van der Waals surface area contributed by atoms with Crippen molar-refractivity contribution < 1.29 is 0 Å². The highest BCUT2D eigenvalue weighted by atomic mass is 35.5. The van der Waals surface area contributed by atoms with Crippen molar-refractivity contribution in [2.24, 2.45) is 0 Å². The lowest BCUT2D eigenvalue weighted by Crippen LogP contribution is -2.32. The first-order valence-electron chi connectivity index (χ1n) is 9.63. The molecule has 142 valence electrons. The number of hydrogen-bond acceptors (Lipinski definition) is 3. The molecule has 0 saturated heterocycles. The van der Waals surface area contributed by atoms with E-state index in [1.807, 2.05) is 48.7 Å². The lowest BCUT2D eigenvalue weighted by atomic mass is 9.94. The molecule has 1 fully saturated rings. The van der Waals surface area contributed by atoms with Crippen LogP contribution in [-0.4, -0.2) is 19.3 Å². The van der Waals surface area contributed by atoms with Crippen molar-refractivity contribution in [1.82, 2.24) is 19.3 Å². The number of nitrogens with zero attached hydrogens (tertiary/aromatic N) is 4. The van der Waals surface area contributed by atoms with Crippen LogP contribution in [0.1, 0.15) is 52.0 Å². The predicted octanol–water partition coefficient (Wildman–Crippen LogP) is 5.28. The summed E-state index contributed by atoms with van der Waals surface area (Å²) in [7, 11) is 0. The molecule has 0 amide bonds. The van der Waals surface area contributed by atoms with Crippen LogP contribution >= 0.6 is 11.6 Å². The van der Waals surface area contributed by atoms with Gasteiger partial charge in [0.05, 0.1) is 5.69 Å². The second kappa shape index (κ2) is 9.00. The summed E-state index contributed by atoms with van der Waals surface area (Å²) in [6.45, 7) is 4.00. The Morgan fingerprint density at radius 3 is 2.37 bits per heavy atom. The minimum atomic E-state index is -0.140. The third-order valence-electron chi connectivity index (χ3n) is 4.76. The number of hydrogen-bond donors (Lipinski definition) is 0. The molecule has 1 aromatic carbocycles. The van der Waals surface area contributed by atoms with Crippen LogP contribution in [0.15, 0.2) is 53.6 Å². The van der Waals surface area contributed by atoms with Gasteiger partial charge in [-0.3, -0.25) is 9.36 Å². The van der Waals surface area contributed by atoms with Gasteiger partial charge in [-0.25, -0.2) is 9.67 Å². The van der Waals surface area contributed by atoms with Crippen molar-refractivity contribution in [2.45, 2.75) is 52.0 Å². The Kier molecular flexibility index (Phi) is 6.45. The Labute approximate surface area is 164 Å². The van der Waals surface area contributed by atoms with Gasteiger partial charge in [-0.05, 0) is 18.9 Å². The fourth-order valence-electron chi connectivity index (χ4n) is 3.59. The van der Waals surface area contributed by atoms with Crippen LogP contribution in [-0.2, 0) is 0 Å². The van der Waals surface area contributed by atoms with Crippen LogP contribution in [0, 0.1) is 0 Å². The van der Waals surface area contributed by atoms with Gasteiger partial charge in [0.1, 0.15) is 0 Å². The molecule has 0 spiro atoms.